The lowest BCUT2D eigenvalue weighted by Crippen LogP contribution is -2.46. The van der Waals surface area contributed by atoms with Crippen LogP contribution >= 0.6 is 0 Å². The largest absolute Gasteiger partial charge is 0.326 e. The van der Waals surface area contributed by atoms with Gasteiger partial charge in [-0.15, -0.1) is 0 Å². The number of nitrogens with two attached hydrogens (primary N) is 1. The van der Waals surface area contributed by atoms with Crippen molar-refractivity contribution in [3.8, 4) is 0 Å². The van der Waals surface area contributed by atoms with Crippen LogP contribution in [0.5, 0.6) is 0 Å². The van der Waals surface area contributed by atoms with Crippen molar-refractivity contribution < 1.29 is 0 Å². The predicted molar refractivity (Wildman–Crippen MR) is 48.4 cm³/mol. The van der Waals surface area contributed by atoms with E-state index in [9.17, 15) is 0 Å². The summed E-state index contributed by atoms with van der Waals surface area (Å²) in [6.07, 6.45) is 2.56. The highest BCUT2D eigenvalue weighted by Crippen LogP contribution is 2.19. The molecule has 0 aromatic rings. The van der Waals surface area contributed by atoms with Crippen molar-refractivity contribution in [2.24, 2.45) is 17.6 Å². The van der Waals surface area contributed by atoms with Crippen molar-refractivity contribution in [2.75, 3.05) is 13.1 Å². The van der Waals surface area contributed by atoms with E-state index in [4.69, 9.17) is 5.73 Å². The maximum atomic E-state index is 5.96. The highest BCUT2D eigenvalue weighted by molar-refractivity contribution is 4.80. The molecule has 0 bridgehead atoms. The first-order valence-corrected chi connectivity index (χ1v) is 4.66. The zero-order valence-electron chi connectivity index (χ0n) is 7.64. The molecule has 3 N–H and O–H groups in total. The van der Waals surface area contributed by atoms with E-state index in [1.807, 2.05) is 0 Å². The highest BCUT2D eigenvalue weighted by Gasteiger charge is 2.21. The summed E-state index contributed by atoms with van der Waals surface area (Å²) in [5.74, 6) is 1.56. The Labute approximate surface area is 69.5 Å². The molecule has 2 nitrogen and oxygen atoms in total. The molecule has 1 heterocycles. The molecule has 1 aliphatic heterocycles. The Morgan fingerprint density at radius 1 is 1.55 bits per heavy atom. The molecule has 0 saturated carbocycles. The molecule has 0 unspecified atom stereocenters. The quantitative estimate of drug-likeness (QED) is 0.625. The van der Waals surface area contributed by atoms with E-state index < -0.39 is 0 Å². The van der Waals surface area contributed by atoms with E-state index in [1.165, 1.54) is 12.8 Å². The zero-order chi connectivity index (χ0) is 8.27. The molecule has 66 valence electrons. The first-order valence-electron chi connectivity index (χ1n) is 4.66. The summed E-state index contributed by atoms with van der Waals surface area (Å²) in [4.78, 5) is 0. The van der Waals surface area contributed by atoms with Crippen molar-refractivity contribution in [1.82, 2.24) is 5.32 Å². The minimum absolute atomic E-state index is 0.395. The molecule has 0 spiro atoms. The summed E-state index contributed by atoms with van der Waals surface area (Å²) in [5.41, 5.74) is 5.96. The number of hydrogen-bond acceptors (Lipinski definition) is 2. The molecule has 0 aromatic carbocycles. The molecule has 0 aliphatic carbocycles. The zero-order valence-corrected chi connectivity index (χ0v) is 7.64. The third-order valence-corrected chi connectivity index (χ3v) is 2.45. The van der Waals surface area contributed by atoms with Gasteiger partial charge in [-0.25, -0.2) is 0 Å². The minimum Gasteiger partial charge on any atom is -0.326 e. The van der Waals surface area contributed by atoms with Crippen molar-refractivity contribution >= 4 is 0 Å². The summed E-state index contributed by atoms with van der Waals surface area (Å²) >= 11 is 0. The summed E-state index contributed by atoms with van der Waals surface area (Å²) in [6.45, 7) is 6.71. The van der Waals surface area contributed by atoms with Gasteiger partial charge in [-0.3, -0.25) is 0 Å². The number of piperidine rings is 1. The average molecular weight is 156 g/mol. The van der Waals surface area contributed by atoms with E-state index in [0.717, 1.165) is 24.9 Å². The summed E-state index contributed by atoms with van der Waals surface area (Å²) in [7, 11) is 0. The van der Waals surface area contributed by atoms with Crippen molar-refractivity contribution in [3.05, 3.63) is 0 Å². The van der Waals surface area contributed by atoms with Crippen LogP contribution in [-0.4, -0.2) is 19.1 Å². The van der Waals surface area contributed by atoms with Gasteiger partial charge in [0.1, 0.15) is 0 Å². The maximum absolute atomic E-state index is 5.96. The van der Waals surface area contributed by atoms with Crippen LogP contribution in [0.15, 0.2) is 0 Å². The molecule has 0 radical (unpaired) electrons. The second kappa shape index (κ2) is 4.07. The fraction of sp³-hybridized carbons (Fsp3) is 1.00. The number of hydrogen-bond donors (Lipinski definition) is 2. The average Bonchev–Trinajstić information content (AvgIpc) is 1.93. The fourth-order valence-corrected chi connectivity index (χ4v) is 1.84. The Kier molecular flexibility index (Phi) is 3.34. The Morgan fingerprint density at radius 2 is 2.27 bits per heavy atom. The molecule has 11 heavy (non-hydrogen) atoms. The van der Waals surface area contributed by atoms with Gasteiger partial charge in [-0.05, 0) is 31.2 Å². The fourth-order valence-electron chi connectivity index (χ4n) is 1.84. The Morgan fingerprint density at radius 3 is 2.82 bits per heavy atom. The van der Waals surface area contributed by atoms with Gasteiger partial charge >= 0.3 is 0 Å². The van der Waals surface area contributed by atoms with E-state index >= 15 is 0 Å². The van der Waals surface area contributed by atoms with Gasteiger partial charge in [0.25, 0.3) is 0 Å². The van der Waals surface area contributed by atoms with Crippen molar-refractivity contribution in [1.29, 1.82) is 0 Å². The standard InChI is InChI=1S/C9H20N2/c1-7(2)5-8-3-4-11-6-9(8)10/h7-9,11H,3-6,10H2,1-2H3/t8-,9+/m0/s1. The van der Waals surface area contributed by atoms with Gasteiger partial charge in [-0.1, -0.05) is 13.8 Å². The first kappa shape index (κ1) is 9.01. The predicted octanol–water partition coefficient (Wildman–Crippen LogP) is 0.969. The lowest BCUT2D eigenvalue weighted by atomic mass is 9.86. The monoisotopic (exact) mass is 156 g/mol. The minimum atomic E-state index is 0.395. The first-order chi connectivity index (χ1) is 5.20. The SMILES string of the molecule is CC(C)C[C@@H]1CCNC[C@H]1N. The molecule has 2 atom stereocenters. The Balaban J connectivity index is 2.29. The van der Waals surface area contributed by atoms with Crippen molar-refractivity contribution in [2.45, 2.75) is 32.7 Å². The van der Waals surface area contributed by atoms with E-state index in [0.29, 0.717) is 6.04 Å². The van der Waals surface area contributed by atoms with Crippen LogP contribution in [0.4, 0.5) is 0 Å². The van der Waals surface area contributed by atoms with Gasteiger partial charge in [0, 0.05) is 12.6 Å². The lowest BCUT2D eigenvalue weighted by molar-refractivity contribution is 0.278. The number of nitrogens with one attached hydrogen (secondary N) is 1. The summed E-state index contributed by atoms with van der Waals surface area (Å²) in [6, 6.07) is 0.395. The van der Waals surface area contributed by atoms with Crippen molar-refractivity contribution in [3.63, 3.8) is 0 Å². The molecule has 1 aliphatic rings. The van der Waals surface area contributed by atoms with E-state index in [2.05, 4.69) is 19.2 Å². The molecule has 0 aromatic heterocycles. The Bertz CT molecular complexity index is 112. The van der Waals surface area contributed by atoms with Crippen LogP contribution < -0.4 is 11.1 Å². The normalized spacial score (nSPS) is 32.7. The third-order valence-electron chi connectivity index (χ3n) is 2.45. The van der Waals surface area contributed by atoms with Gasteiger partial charge in [0.2, 0.25) is 0 Å². The maximum Gasteiger partial charge on any atom is 0.0194 e. The van der Waals surface area contributed by atoms with Gasteiger partial charge in [0.05, 0.1) is 0 Å². The van der Waals surface area contributed by atoms with E-state index in [1.54, 1.807) is 0 Å². The summed E-state index contributed by atoms with van der Waals surface area (Å²) < 4.78 is 0. The van der Waals surface area contributed by atoms with Crippen LogP contribution in [0.2, 0.25) is 0 Å². The van der Waals surface area contributed by atoms with E-state index in [-0.39, 0.29) is 0 Å². The molecule has 2 heteroatoms. The van der Waals surface area contributed by atoms with Crippen LogP contribution in [-0.2, 0) is 0 Å². The van der Waals surface area contributed by atoms with Gasteiger partial charge in [0.15, 0.2) is 0 Å². The third kappa shape index (κ3) is 2.80. The molecule has 0 amide bonds. The van der Waals surface area contributed by atoms with Crippen LogP contribution in [0.25, 0.3) is 0 Å². The smallest absolute Gasteiger partial charge is 0.0194 e. The number of rotatable bonds is 2. The lowest BCUT2D eigenvalue weighted by Gasteiger charge is -2.30. The molecule has 1 saturated heterocycles. The Hall–Kier alpha value is -0.0800. The highest BCUT2D eigenvalue weighted by atomic mass is 14.9. The second-order valence-electron chi connectivity index (χ2n) is 4.05. The molecular formula is C9H20N2. The van der Waals surface area contributed by atoms with Crippen LogP contribution in [0.1, 0.15) is 26.7 Å². The topological polar surface area (TPSA) is 38.0 Å². The van der Waals surface area contributed by atoms with Gasteiger partial charge in [-0.2, -0.15) is 0 Å². The molecular weight excluding hydrogens is 136 g/mol. The van der Waals surface area contributed by atoms with Gasteiger partial charge < -0.3 is 11.1 Å². The van der Waals surface area contributed by atoms with Crippen LogP contribution in [0, 0.1) is 11.8 Å². The summed E-state index contributed by atoms with van der Waals surface area (Å²) in [5, 5.41) is 3.31. The molecule has 1 fully saturated rings. The second-order valence-corrected chi connectivity index (χ2v) is 4.05. The van der Waals surface area contributed by atoms with Crippen LogP contribution in [0.3, 0.4) is 0 Å². The molecule has 1 rings (SSSR count).